The third kappa shape index (κ3) is 2.35. The number of carbonyl (C=O) groups excluding carboxylic acids is 2. The first-order valence-electron chi connectivity index (χ1n) is 7.13. The molecule has 3 fully saturated rings. The summed E-state index contributed by atoms with van der Waals surface area (Å²) in [4.78, 5) is 22.7. The van der Waals surface area contributed by atoms with Gasteiger partial charge in [-0.25, -0.2) is 4.79 Å². The zero-order valence-corrected chi connectivity index (χ0v) is 11.9. The summed E-state index contributed by atoms with van der Waals surface area (Å²) >= 11 is 0. The molecule has 20 heavy (non-hydrogen) atoms. The van der Waals surface area contributed by atoms with E-state index in [0.29, 0.717) is 12.2 Å². The number of carbonyl (C=O) groups is 2. The molecule has 0 radical (unpaired) electrons. The summed E-state index contributed by atoms with van der Waals surface area (Å²) in [7, 11) is 0. The van der Waals surface area contributed by atoms with Gasteiger partial charge in [-0.3, -0.25) is 4.79 Å². The molecule has 110 valence electrons. The van der Waals surface area contributed by atoms with Crippen molar-refractivity contribution in [3.63, 3.8) is 0 Å². The maximum atomic E-state index is 11.4. The predicted octanol–water partition coefficient (Wildman–Crippen LogP) is 1.60. The summed E-state index contributed by atoms with van der Waals surface area (Å²) in [5.74, 6) is -0.365. The lowest BCUT2D eigenvalue weighted by Crippen LogP contribution is -2.21. The van der Waals surface area contributed by atoms with E-state index in [9.17, 15) is 9.59 Å². The van der Waals surface area contributed by atoms with Crippen molar-refractivity contribution in [1.29, 1.82) is 0 Å². The van der Waals surface area contributed by atoms with Crippen molar-refractivity contribution in [1.82, 2.24) is 0 Å². The Kier molecular flexibility index (Phi) is 3.12. The van der Waals surface area contributed by atoms with E-state index in [1.807, 2.05) is 13.8 Å². The van der Waals surface area contributed by atoms with Crippen molar-refractivity contribution in [3.8, 4) is 0 Å². The molecule has 3 rings (SSSR count). The van der Waals surface area contributed by atoms with E-state index >= 15 is 0 Å². The monoisotopic (exact) mass is 280 g/mol. The van der Waals surface area contributed by atoms with E-state index in [-0.39, 0.29) is 41.6 Å². The van der Waals surface area contributed by atoms with Gasteiger partial charge >= 0.3 is 11.9 Å². The molecule has 3 aliphatic heterocycles. The number of cyclic esters (lactones) is 2. The second-order valence-electron chi connectivity index (χ2n) is 6.38. The lowest BCUT2D eigenvalue weighted by Gasteiger charge is -2.13. The van der Waals surface area contributed by atoms with E-state index in [0.717, 1.165) is 19.3 Å². The summed E-state index contributed by atoms with van der Waals surface area (Å²) in [5, 5.41) is 0. The fourth-order valence-corrected chi connectivity index (χ4v) is 3.17. The minimum atomic E-state index is -0.295. The molecule has 0 bridgehead atoms. The molecule has 5 heteroatoms. The highest BCUT2D eigenvalue weighted by Gasteiger charge is 2.55. The Morgan fingerprint density at radius 2 is 2.15 bits per heavy atom. The number of hydrogen-bond acceptors (Lipinski definition) is 5. The van der Waals surface area contributed by atoms with Gasteiger partial charge in [0.05, 0.1) is 24.2 Å². The van der Waals surface area contributed by atoms with Crippen molar-refractivity contribution in [2.75, 3.05) is 6.61 Å². The zero-order chi connectivity index (χ0) is 14.5. The minimum absolute atomic E-state index is 0.0126. The van der Waals surface area contributed by atoms with Crippen LogP contribution >= 0.6 is 0 Å². The van der Waals surface area contributed by atoms with Crippen LogP contribution in [0, 0.1) is 11.8 Å². The summed E-state index contributed by atoms with van der Waals surface area (Å²) < 4.78 is 16.1. The molecule has 0 spiro atoms. The third-order valence-corrected chi connectivity index (χ3v) is 4.64. The van der Waals surface area contributed by atoms with Gasteiger partial charge in [-0.2, -0.15) is 0 Å². The van der Waals surface area contributed by atoms with Gasteiger partial charge in [0.25, 0.3) is 0 Å². The van der Waals surface area contributed by atoms with Crippen LogP contribution in [-0.2, 0) is 23.8 Å². The van der Waals surface area contributed by atoms with Gasteiger partial charge in [-0.05, 0) is 19.8 Å². The molecule has 0 aromatic carbocycles. The third-order valence-electron chi connectivity index (χ3n) is 4.64. The van der Waals surface area contributed by atoms with Crippen molar-refractivity contribution in [2.45, 2.75) is 50.9 Å². The van der Waals surface area contributed by atoms with Gasteiger partial charge in [0.2, 0.25) is 0 Å². The van der Waals surface area contributed by atoms with Gasteiger partial charge in [-0.1, -0.05) is 13.5 Å². The maximum Gasteiger partial charge on any atom is 0.333 e. The zero-order valence-electron chi connectivity index (χ0n) is 11.9. The molecule has 0 unspecified atom stereocenters. The van der Waals surface area contributed by atoms with E-state index in [1.54, 1.807) is 0 Å². The Bertz CT molecular complexity index is 471. The smallest absolute Gasteiger partial charge is 0.333 e. The van der Waals surface area contributed by atoms with Crippen molar-refractivity contribution >= 4 is 11.9 Å². The molecule has 0 aliphatic carbocycles. The summed E-state index contributed by atoms with van der Waals surface area (Å²) in [6.07, 6.45) is 2.28. The molecule has 0 N–H and O–H groups in total. The number of epoxide rings is 1. The molecule has 3 heterocycles. The molecule has 0 amide bonds. The van der Waals surface area contributed by atoms with Gasteiger partial charge in [-0.15, -0.1) is 0 Å². The largest absolute Gasteiger partial charge is 0.462 e. The van der Waals surface area contributed by atoms with Crippen molar-refractivity contribution in [3.05, 3.63) is 12.2 Å². The van der Waals surface area contributed by atoms with Crippen LogP contribution < -0.4 is 0 Å². The van der Waals surface area contributed by atoms with Crippen LogP contribution in [0.3, 0.4) is 0 Å². The van der Waals surface area contributed by atoms with Crippen LogP contribution in [0.1, 0.15) is 33.1 Å². The summed E-state index contributed by atoms with van der Waals surface area (Å²) in [6, 6.07) is 0. The summed E-state index contributed by atoms with van der Waals surface area (Å²) in [5.41, 5.74) is 0.296. The molecule has 5 nitrogen and oxygen atoms in total. The summed E-state index contributed by atoms with van der Waals surface area (Å²) in [6.45, 7) is 8.10. The van der Waals surface area contributed by atoms with Crippen LogP contribution in [-0.4, -0.2) is 36.4 Å². The lowest BCUT2D eigenvalue weighted by molar-refractivity contribution is -0.144. The van der Waals surface area contributed by atoms with Crippen LogP contribution in [0.25, 0.3) is 0 Å². The average Bonchev–Trinajstić information content (AvgIpc) is 2.73. The Morgan fingerprint density at radius 1 is 1.40 bits per heavy atom. The molecule has 3 aliphatic rings. The standard InChI is InChI=1S/C15H20O5/c1-8-4-11(19-13(8)16)6-15(3)12(20-15)5-10-7-18-14(17)9(10)2/h8,10-12H,2,4-7H2,1,3H3/t8-,10-,11+,12-,15+/m1/s1. The minimum Gasteiger partial charge on any atom is -0.462 e. The Labute approximate surface area is 118 Å². The highest BCUT2D eigenvalue weighted by molar-refractivity contribution is 5.90. The van der Waals surface area contributed by atoms with E-state index in [1.165, 1.54) is 0 Å². The molecular weight excluding hydrogens is 260 g/mol. The first kappa shape index (κ1) is 13.6. The molecule has 3 saturated heterocycles. The van der Waals surface area contributed by atoms with Crippen molar-refractivity contribution < 1.29 is 23.8 Å². The SMILES string of the molecule is C=C1C(=O)OC[C@H]1C[C@H]1O[C@@]1(C)C[C@@H]1C[C@@H](C)C(=O)O1. The Morgan fingerprint density at radius 3 is 2.70 bits per heavy atom. The molecule has 0 aromatic heterocycles. The first-order chi connectivity index (χ1) is 9.39. The topological polar surface area (TPSA) is 65.1 Å². The van der Waals surface area contributed by atoms with Gasteiger partial charge < -0.3 is 14.2 Å². The van der Waals surface area contributed by atoms with E-state index in [4.69, 9.17) is 14.2 Å². The van der Waals surface area contributed by atoms with Gasteiger partial charge in [0.15, 0.2) is 0 Å². The second kappa shape index (κ2) is 4.58. The normalized spacial score (nSPS) is 43.6. The number of hydrogen-bond donors (Lipinski definition) is 0. The van der Waals surface area contributed by atoms with E-state index in [2.05, 4.69) is 6.58 Å². The highest BCUT2D eigenvalue weighted by Crippen LogP contribution is 2.47. The van der Waals surface area contributed by atoms with Crippen LogP contribution in [0.5, 0.6) is 0 Å². The first-order valence-corrected chi connectivity index (χ1v) is 7.13. The highest BCUT2D eigenvalue weighted by atomic mass is 16.6. The van der Waals surface area contributed by atoms with Crippen LogP contribution in [0.2, 0.25) is 0 Å². The maximum absolute atomic E-state index is 11.4. The fraction of sp³-hybridized carbons (Fsp3) is 0.733. The Hall–Kier alpha value is -1.36. The van der Waals surface area contributed by atoms with Gasteiger partial charge in [0, 0.05) is 17.9 Å². The fourth-order valence-electron chi connectivity index (χ4n) is 3.17. The molecule has 5 atom stereocenters. The second-order valence-corrected chi connectivity index (χ2v) is 6.38. The lowest BCUT2D eigenvalue weighted by atomic mass is 9.90. The number of esters is 2. The van der Waals surface area contributed by atoms with Gasteiger partial charge in [0.1, 0.15) is 6.10 Å². The molecular formula is C15H20O5. The van der Waals surface area contributed by atoms with Crippen LogP contribution in [0.15, 0.2) is 12.2 Å². The van der Waals surface area contributed by atoms with E-state index < -0.39 is 0 Å². The Balaban J connectivity index is 1.51. The van der Waals surface area contributed by atoms with Crippen molar-refractivity contribution in [2.24, 2.45) is 11.8 Å². The molecule has 0 aromatic rings. The average molecular weight is 280 g/mol. The number of rotatable bonds is 4. The predicted molar refractivity (Wildman–Crippen MR) is 69.8 cm³/mol. The quantitative estimate of drug-likeness (QED) is 0.444. The van der Waals surface area contributed by atoms with Crippen LogP contribution in [0.4, 0.5) is 0 Å². The molecule has 0 saturated carbocycles. The number of ether oxygens (including phenoxy) is 3.